The molecule has 6 heteroatoms. The molecule has 2 aromatic rings. The molecule has 0 aliphatic heterocycles. The summed E-state index contributed by atoms with van der Waals surface area (Å²) in [5.41, 5.74) is 0.864. The van der Waals surface area contributed by atoms with Crippen LogP contribution >= 0.6 is 0 Å². The minimum atomic E-state index is -0.966. The van der Waals surface area contributed by atoms with E-state index in [-0.39, 0.29) is 18.9 Å². The van der Waals surface area contributed by atoms with Gasteiger partial charge in [0.2, 0.25) is 0 Å². The smallest absolute Gasteiger partial charge is 0.307 e. The van der Waals surface area contributed by atoms with Gasteiger partial charge in [0.1, 0.15) is 5.82 Å². The predicted molar refractivity (Wildman–Crippen MR) is 67.5 cm³/mol. The van der Waals surface area contributed by atoms with E-state index in [0.29, 0.717) is 17.0 Å². The van der Waals surface area contributed by atoms with Gasteiger partial charge in [-0.25, -0.2) is 4.98 Å². The van der Waals surface area contributed by atoms with Crippen LogP contribution in [0.3, 0.4) is 0 Å². The first-order valence-electron chi connectivity index (χ1n) is 5.73. The maximum Gasteiger partial charge on any atom is 0.307 e. The van der Waals surface area contributed by atoms with Gasteiger partial charge in [0.15, 0.2) is 0 Å². The topological polar surface area (TPSA) is 95.1 Å². The van der Waals surface area contributed by atoms with Crippen molar-refractivity contribution in [2.24, 2.45) is 0 Å². The lowest BCUT2D eigenvalue weighted by atomic mass is 10.0. The van der Waals surface area contributed by atoms with Gasteiger partial charge < -0.3 is 15.4 Å². The molecule has 0 radical (unpaired) electrons. The number of hydrogen-bond donors (Lipinski definition) is 3. The van der Waals surface area contributed by atoms with E-state index in [1.165, 1.54) is 0 Å². The summed E-state index contributed by atoms with van der Waals surface area (Å²) in [7, 11) is 0. The average molecular weight is 259 g/mol. The van der Waals surface area contributed by atoms with Crippen molar-refractivity contribution in [2.45, 2.75) is 13.0 Å². The number of carbonyl (C=O) groups excluding carboxylic acids is 1. The molecule has 0 unspecified atom stereocenters. The van der Waals surface area contributed by atoms with Crippen LogP contribution in [0.5, 0.6) is 0 Å². The summed E-state index contributed by atoms with van der Waals surface area (Å²) in [6.45, 7) is 0.271. The Balaban J connectivity index is 2.08. The predicted octanol–water partition coefficient (Wildman–Crippen LogP) is 0.967. The molecular formula is C13H13N3O3. The highest BCUT2D eigenvalue weighted by Crippen LogP contribution is 2.09. The van der Waals surface area contributed by atoms with Gasteiger partial charge in [0.05, 0.1) is 13.0 Å². The van der Waals surface area contributed by atoms with Crippen LogP contribution < -0.4 is 5.32 Å². The number of H-pyrrole nitrogens is 1. The van der Waals surface area contributed by atoms with Crippen LogP contribution in [0, 0.1) is 0 Å². The minimum absolute atomic E-state index is 0.176. The lowest BCUT2D eigenvalue weighted by molar-refractivity contribution is -0.136. The Morgan fingerprint density at radius 2 is 2.11 bits per heavy atom. The number of carboxylic acids is 1. The second-order valence-corrected chi connectivity index (χ2v) is 3.95. The molecule has 2 rings (SSSR count). The van der Waals surface area contributed by atoms with Crippen molar-refractivity contribution < 1.29 is 14.7 Å². The molecule has 1 aromatic carbocycles. The van der Waals surface area contributed by atoms with Crippen LogP contribution in [-0.2, 0) is 17.8 Å². The molecule has 6 nitrogen and oxygen atoms in total. The molecule has 0 aliphatic carbocycles. The van der Waals surface area contributed by atoms with Crippen molar-refractivity contribution in [3.05, 3.63) is 53.6 Å². The van der Waals surface area contributed by atoms with Gasteiger partial charge in [-0.05, 0) is 11.6 Å². The number of aromatic amines is 1. The summed E-state index contributed by atoms with van der Waals surface area (Å²) in [4.78, 5) is 29.6. The van der Waals surface area contributed by atoms with Crippen molar-refractivity contribution >= 4 is 11.9 Å². The van der Waals surface area contributed by atoms with Crippen molar-refractivity contribution in [3.8, 4) is 0 Å². The first-order chi connectivity index (χ1) is 9.16. The average Bonchev–Trinajstić information content (AvgIpc) is 2.89. The zero-order chi connectivity index (χ0) is 13.7. The quantitative estimate of drug-likeness (QED) is 0.745. The van der Waals surface area contributed by atoms with Crippen LogP contribution in [0.15, 0.2) is 36.7 Å². The summed E-state index contributed by atoms with van der Waals surface area (Å²) in [5, 5.41) is 11.5. The van der Waals surface area contributed by atoms with Gasteiger partial charge in [-0.1, -0.05) is 18.2 Å². The fourth-order valence-corrected chi connectivity index (χ4v) is 1.71. The summed E-state index contributed by atoms with van der Waals surface area (Å²) in [6, 6.07) is 6.65. The molecule has 0 fully saturated rings. The highest BCUT2D eigenvalue weighted by atomic mass is 16.4. The third kappa shape index (κ3) is 3.41. The number of aliphatic carboxylic acids is 1. The molecule has 0 saturated carbocycles. The van der Waals surface area contributed by atoms with E-state index in [4.69, 9.17) is 5.11 Å². The Morgan fingerprint density at radius 1 is 1.32 bits per heavy atom. The summed E-state index contributed by atoms with van der Waals surface area (Å²) in [6.07, 6.45) is 3.09. The molecule has 0 bridgehead atoms. The Labute approximate surface area is 109 Å². The van der Waals surface area contributed by atoms with E-state index in [2.05, 4.69) is 15.3 Å². The lowest BCUT2D eigenvalue weighted by Gasteiger charge is -2.07. The molecule has 0 spiro atoms. The monoisotopic (exact) mass is 259 g/mol. The summed E-state index contributed by atoms with van der Waals surface area (Å²) < 4.78 is 0. The fourth-order valence-electron chi connectivity index (χ4n) is 1.71. The van der Waals surface area contributed by atoms with E-state index in [0.717, 1.165) is 0 Å². The Kier molecular flexibility index (Phi) is 3.92. The largest absolute Gasteiger partial charge is 0.481 e. The molecule has 3 N–H and O–H groups in total. The number of benzene rings is 1. The van der Waals surface area contributed by atoms with Crippen molar-refractivity contribution in [1.29, 1.82) is 0 Å². The fraction of sp³-hybridized carbons (Fsp3) is 0.154. The zero-order valence-corrected chi connectivity index (χ0v) is 10.1. The highest BCUT2D eigenvalue weighted by Gasteiger charge is 2.12. The van der Waals surface area contributed by atoms with E-state index in [9.17, 15) is 9.59 Å². The number of aromatic nitrogens is 2. The number of imidazole rings is 1. The third-order valence-electron chi connectivity index (χ3n) is 2.57. The summed E-state index contributed by atoms with van der Waals surface area (Å²) in [5.74, 6) is -0.636. The second-order valence-electron chi connectivity index (χ2n) is 3.95. The van der Waals surface area contributed by atoms with Crippen LogP contribution in [-0.4, -0.2) is 27.0 Å². The third-order valence-corrected chi connectivity index (χ3v) is 2.57. The molecule has 1 amide bonds. The lowest BCUT2D eigenvalue weighted by Crippen LogP contribution is -2.25. The molecule has 0 saturated heterocycles. The molecule has 1 aromatic heterocycles. The number of carbonyl (C=O) groups is 2. The SMILES string of the molecule is O=C(O)Cc1ccccc1C(=O)NCc1ncc[nH]1. The number of nitrogens with zero attached hydrogens (tertiary/aromatic N) is 1. The Bertz CT molecular complexity index is 579. The van der Waals surface area contributed by atoms with Crippen LogP contribution in [0.1, 0.15) is 21.7 Å². The van der Waals surface area contributed by atoms with Gasteiger partial charge in [-0.3, -0.25) is 9.59 Å². The number of amides is 1. The molecule has 1 heterocycles. The Morgan fingerprint density at radius 3 is 2.79 bits per heavy atom. The molecule has 0 atom stereocenters. The number of nitrogens with one attached hydrogen (secondary N) is 2. The first kappa shape index (κ1) is 12.8. The van der Waals surface area contributed by atoms with Crippen molar-refractivity contribution in [2.75, 3.05) is 0 Å². The van der Waals surface area contributed by atoms with Gasteiger partial charge in [-0.15, -0.1) is 0 Å². The molecular weight excluding hydrogens is 246 g/mol. The molecule has 98 valence electrons. The molecule has 19 heavy (non-hydrogen) atoms. The van der Waals surface area contributed by atoms with Gasteiger partial charge >= 0.3 is 5.97 Å². The second kappa shape index (κ2) is 5.81. The maximum atomic E-state index is 12.0. The van der Waals surface area contributed by atoms with Crippen LogP contribution in [0.4, 0.5) is 0 Å². The standard InChI is InChI=1S/C13H13N3O3/c17-12(18)7-9-3-1-2-4-10(9)13(19)16-8-11-14-5-6-15-11/h1-6H,7-8H2,(H,14,15)(H,16,19)(H,17,18). The van der Waals surface area contributed by atoms with E-state index < -0.39 is 5.97 Å². The number of carboxylic acid groups (broad SMARTS) is 1. The maximum absolute atomic E-state index is 12.0. The van der Waals surface area contributed by atoms with Gasteiger partial charge in [0, 0.05) is 18.0 Å². The van der Waals surface area contributed by atoms with E-state index in [1.807, 2.05) is 0 Å². The number of hydrogen-bond acceptors (Lipinski definition) is 3. The van der Waals surface area contributed by atoms with Gasteiger partial charge in [-0.2, -0.15) is 0 Å². The van der Waals surface area contributed by atoms with Crippen LogP contribution in [0.25, 0.3) is 0 Å². The minimum Gasteiger partial charge on any atom is -0.481 e. The highest BCUT2D eigenvalue weighted by molar-refractivity contribution is 5.96. The number of rotatable bonds is 5. The van der Waals surface area contributed by atoms with Crippen molar-refractivity contribution in [3.63, 3.8) is 0 Å². The van der Waals surface area contributed by atoms with Crippen molar-refractivity contribution in [1.82, 2.24) is 15.3 Å². The first-order valence-corrected chi connectivity index (χ1v) is 5.73. The van der Waals surface area contributed by atoms with E-state index >= 15 is 0 Å². The van der Waals surface area contributed by atoms with E-state index in [1.54, 1.807) is 36.7 Å². The van der Waals surface area contributed by atoms with Crippen LogP contribution in [0.2, 0.25) is 0 Å². The molecule has 0 aliphatic rings. The normalized spacial score (nSPS) is 10.1. The Hall–Kier alpha value is -2.63. The zero-order valence-electron chi connectivity index (χ0n) is 10.1. The van der Waals surface area contributed by atoms with Gasteiger partial charge in [0.25, 0.3) is 5.91 Å². The summed E-state index contributed by atoms with van der Waals surface area (Å²) >= 11 is 0.